The van der Waals surface area contributed by atoms with Crippen molar-refractivity contribution in [3.05, 3.63) is 0 Å². The summed E-state index contributed by atoms with van der Waals surface area (Å²) in [5, 5.41) is 4.28. The molecule has 0 aromatic heterocycles. The average Bonchev–Trinajstić information content (AvgIpc) is 2.32. The lowest BCUT2D eigenvalue weighted by atomic mass is 10.1. The molecule has 112 valence electrons. The highest BCUT2D eigenvalue weighted by atomic mass is 19.4. The Balaban J connectivity index is 4.28. The molecule has 0 saturated heterocycles. The fourth-order valence-electron chi connectivity index (χ4n) is 1.45. The first kappa shape index (κ1) is 17.7. The Bertz CT molecular complexity index is 321. The van der Waals surface area contributed by atoms with Crippen LogP contribution in [0.2, 0.25) is 0 Å². The predicted molar refractivity (Wildman–Crippen MR) is 64.4 cm³/mol. The standard InChI is InChI=1S/C11H20F3N3O2/c1-7(9(18)15-3)5-17(4)8(2)10(19)16-6-11(12,13)14/h7-8H,5-6H2,1-4H3,(H,15,18)(H,16,19). The SMILES string of the molecule is CNC(=O)C(C)CN(C)C(C)C(=O)NCC(F)(F)F. The Morgan fingerprint density at radius 3 is 2.16 bits per heavy atom. The van der Waals surface area contributed by atoms with Crippen molar-refractivity contribution in [2.75, 3.05) is 27.2 Å². The van der Waals surface area contributed by atoms with Gasteiger partial charge in [-0.25, -0.2) is 0 Å². The van der Waals surface area contributed by atoms with Gasteiger partial charge in [0.05, 0.1) is 6.04 Å². The van der Waals surface area contributed by atoms with Crippen LogP contribution in [0.15, 0.2) is 0 Å². The second-order valence-electron chi connectivity index (χ2n) is 4.46. The number of hydrogen-bond acceptors (Lipinski definition) is 3. The highest BCUT2D eigenvalue weighted by molar-refractivity contribution is 5.81. The maximum atomic E-state index is 12.0. The summed E-state index contributed by atoms with van der Waals surface area (Å²) in [6.07, 6.45) is -4.43. The van der Waals surface area contributed by atoms with Crippen molar-refractivity contribution in [2.45, 2.75) is 26.1 Å². The van der Waals surface area contributed by atoms with Crippen molar-refractivity contribution in [1.29, 1.82) is 0 Å². The number of halogens is 3. The topological polar surface area (TPSA) is 61.4 Å². The highest BCUT2D eigenvalue weighted by Crippen LogP contribution is 2.12. The van der Waals surface area contributed by atoms with Crippen LogP contribution in [0.3, 0.4) is 0 Å². The lowest BCUT2D eigenvalue weighted by molar-refractivity contribution is -0.141. The maximum Gasteiger partial charge on any atom is 0.405 e. The van der Waals surface area contributed by atoms with Crippen LogP contribution < -0.4 is 10.6 Å². The van der Waals surface area contributed by atoms with Crippen molar-refractivity contribution in [1.82, 2.24) is 15.5 Å². The first-order valence-electron chi connectivity index (χ1n) is 5.84. The minimum absolute atomic E-state index is 0.185. The minimum Gasteiger partial charge on any atom is -0.359 e. The molecule has 0 heterocycles. The van der Waals surface area contributed by atoms with E-state index in [0.29, 0.717) is 0 Å². The van der Waals surface area contributed by atoms with Gasteiger partial charge in [0.15, 0.2) is 0 Å². The number of carbonyl (C=O) groups excluding carboxylic acids is 2. The summed E-state index contributed by atoms with van der Waals surface area (Å²) in [6, 6.07) is -0.741. The Labute approximate surface area is 110 Å². The molecule has 2 N–H and O–H groups in total. The van der Waals surface area contributed by atoms with Crippen LogP contribution in [0.1, 0.15) is 13.8 Å². The van der Waals surface area contributed by atoms with Crippen LogP contribution in [0, 0.1) is 5.92 Å². The first-order valence-corrected chi connectivity index (χ1v) is 5.84. The van der Waals surface area contributed by atoms with Crippen LogP contribution in [-0.4, -0.2) is 56.1 Å². The second-order valence-corrected chi connectivity index (χ2v) is 4.46. The summed E-state index contributed by atoms with van der Waals surface area (Å²) in [4.78, 5) is 24.3. The van der Waals surface area contributed by atoms with Gasteiger partial charge < -0.3 is 10.6 Å². The van der Waals surface area contributed by atoms with E-state index in [9.17, 15) is 22.8 Å². The van der Waals surface area contributed by atoms with Gasteiger partial charge in [0.25, 0.3) is 0 Å². The summed E-state index contributed by atoms with van der Waals surface area (Å²) in [7, 11) is 3.08. The maximum absolute atomic E-state index is 12.0. The van der Waals surface area contributed by atoms with E-state index in [2.05, 4.69) is 5.32 Å². The van der Waals surface area contributed by atoms with Crippen LogP contribution in [0.5, 0.6) is 0 Å². The third-order valence-electron chi connectivity index (χ3n) is 2.76. The minimum atomic E-state index is -4.43. The van der Waals surface area contributed by atoms with E-state index in [1.165, 1.54) is 18.9 Å². The fraction of sp³-hybridized carbons (Fsp3) is 0.818. The second kappa shape index (κ2) is 7.32. The first-order chi connectivity index (χ1) is 8.58. The zero-order chi connectivity index (χ0) is 15.2. The van der Waals surface area contributed by atoms with E-state index in [1.54, 1.807) is 14.0 Å². The Morgan fingerprint density at radius 2 is 1.74 bits per heavy atom. The van der Waals surface area contributed by atoms with E-state index in [1.807, 2.05) is 5.32 Å². The summed E-state index contributed by atoms with van der Waals surface area (Å²) in [5.74, 6) is -1.26. The summed E-state index contributed by atoms with van der Waals surface area (Å²) in [6.45, 7) is 2.09. The van der Waals surface area contributed by atoms with Gasteiger partial charge in [0.2, 0.25) is 11.8 Å². The molecule has 5 nitrogen and oxygen atoms in total. The number of nitrogens with zero attached hydrogens (tertiary/aromatic N) is 1. The van der Waals surface area contributed by atoms with Gasteiger partial charge in [-0.2, -0.15) is 13.2 Å². The van der Waals surface area contributed by atoms with E-state index < -0.39 is 24.7 Å². The largest absolute Gasteiger partial charge is 0.405 e. The van der Waals surface area contributed by atoms with Crippen LogP contribution in [-0.2, 0) is 9.59 Å². The number of nitrogens with one attached hydrogen (secondary N) is 2. The monoisotopic (exact) mass is 283 g/mol. The van der Waals surface area contributed by atoms with Crippen molar-refractivity contribution >= 4 is 11.8 Å². The molecule has 0 aromatic carbocycles. The Morgan fingerprint density at radius 1 is 1.21 bits per heavy atom. The predicted octanol–water partition coefficient (Wildman–Crippen LogP) is 0.367. The number of rotatable bonds is 6. The summed E-state index contributed by atoms with van der Waals surface area (Å²) in [5.41, 5.74) is 0. The molecule has 0 radical (unpaired) electrons. The number of amides is 2. The van der Waals surface area contributed by atoms with E-state index >= 15 is 0 Å². The summed E-state index contributed by atoms with van der Waals surface area (Å²) < 4.78 is 35.9. The molecule has 0 aliphatic carbocycles. The molecular weight excluding hydrogens is 263 g/mol. The molecule has 0 bridgehead atoms. The van der Waals surface area contributed by atoms with Gasteiger partial charge in [0.1, 0.15) is 6.54 Å². The smallest absolute Gasteiger partial charge is 0.359 e. The molecule has 2 atom stereocenters. The van der Waals surface area contributed by atoms with Crippen molar-refractivity contribution < 1.29 is 22.8 Å². The summed E-state index contributed by atoms with van der Waals surface area (Å²) >= 11 is 0. The van der Waals surface area contributed by atoms with Crippen LogP contribution in [0.25, 0.3) is 0 Å². The zero-order valence-electron chi connectivity index (χ0n) is 11.5. The Hall–Kier alpha value is -1.31. The average molecular weight is 283 g/mol. The number of likely N-dealkylation sites (N-methyl/N-ethyl adjacent to an activating group) is 1. The number of alkyl halides is 3. The lowest BCUT2D eigenvalue weighted by Gasteiger charge is -2.26. The van der Waals surface area contributed by atoms with Gasteiger partial charge in [-0.1, -0.05) is 6.92 Å². The molecule has 0 spiro atoms. The van der Waals surface area contributed by atoms with Gasteiger partial charge in [-0.3, -0.25) is 14.5 Å². The molecule has 19 heavy (non-hydrogen) atoms. The third-order valence-corrected chi connectivity index (χ3v) is 2.76. The van der Waals surface area contributed by atoms with E-state index in [4.69, 9.17) is 0 Å². The number of carbonyl (C=O) groups is 2. The van der Waals surface area contributed by atoms with Crippen molar-refractivity contribution in [3.8, 4) is 0 Å². The van der Waals surface area contributed by atoms with Gasteiger partial charge in [0, 0.05) is 19.5 Å². The molecule has 0 rings (SSSR count). The molecule has 0 aliphatic heterocycles. The normalized spacial score (nSPS) is 14.9. The molecule has 2 amide bonds. The molecule has 2 unspecified atom stereocenters. The molecule has 0 saturated carbocycles. The number of hydrogen-bond donors (Lipinski definition) is 2. The molecule has 0 aliphatic rings. The van der Waals surface area contributed by atoms with E-state index in [0.717, 1.165) is 0 Å². The quantitative estimate of drug-likeness (QED) is 0.740. The van der Waals surface area contributed by atoms with E-state index in [-0.39, 0.29) is 18.4 Å². The lowest BCUT2D eigenvalue weighted by Crippen LogP contribution is -2.48. The molecule has 0 fully saturated rings. The van der Waals surface area contributed by atoms with Crippen LogP contribution >= 0.6 is 0 Å². The molecule has 0 aromatic rings. The van der Waals surface area contributed by atoms with Crippen molar-refractivity contribution in [3.63, 3.8) is 0 Å². The van der Waals surface area contributed by atoms with Gasteiger partial charge >= 0.3 is 6.18 Å². The Kier molecular flexibility index (Phi) is 6.82. The third kappa shape index (κ3) is 7.00. The molecule has 8 heteroatoms. The fourth-order valence-corrected chi connectivity index (χ4v) is 1.45. The van der Waals surface area contributed by atoms with Gasteiger partial charge in [-0.15, -0.1) is 0 Å². The van der Waals surface area contributed by atoms with Crippen molar-refractivity contribution in [2.24, 2.45) is 5.92 Å². The molecular formula is C11H20F3N3O2. The van der Waals surface area contributed by atoms with Gasteiger partial charge in [-0.05, 0) is 14.0 Å². The highest BCUT2D eigenvalue weighted by Gasteiger charge is 2.29. The van der Waals surface area contributed by atoms with Crippen LogP contribution in [0.4, 0.5) is 13.2 Å². The zero-order valence-corrected chi connectivity index (χ0v) is 11.5.